The molecule has 84 valence electrons. The predicted octanol–water partition coefficient (Wildman–Crippen LogP) is -0.581. The molecule has 0 saturated carbocycles. The molecule has 0 radical (unpaired) electrons. The Labute approximate surface area is 87.6 Å². The van der Waals surface area contributed by atoms with Gasteiger partial charge < -0.3 is 20.4 Å². The topological polar surface area (TPSA) is 97.3 Å². The second-order valence-electron chi connectivity index (χ2n) is 2.97. The standard InChI is InChI=1S/C8H15N5O2/c1-3-13(2)7(14)5-10-8-12-11-6(4-9)15-8/h3-5,9H2,1-2H3,(H,10,12). The minimum absolute atomic E-state index is 0.0370. The van der Waals surface area contributed by atoms with Gasteiger partial charge in [0, 0.05) is 13.6 Å². The van der Waals surface area contributed by atoms with Gasteiger partial charge in [0.2, 0.25) is 11.8 Å². The molecule has 7 heteroatoms. The molecule has 7 nitrogen and oxygen atoms in total. The summed E-state index contributed by atoms with van der Waals surface area (Å²) in [5.41, 5.74) is 5.29. The van der Waals surface area contributed by atoms with Gasteiger partial charge in [0.1, 0.15) is 0 Å². The van der Waals surface area contributed by atoms with E-state index in [4.69, 9.17) is 10.2 Å². The molecule has 0 aliphatic carbocycles. The highest BCUT2D eigenvalue weighted by atomic mass is 16.4. The summed E-state index contributed by atoms with van der Waals surface area (Å²) in [6.07, 6.45) is 0. The number of carbonyl (C=O) groups excluding carboxylic acids is 1. The molecule has 0 bridgehead atoms. The quantitative estimate of drug-likeness (QED) is 0.679. The maximum atomic E-state index is 11.4. The van der Waals surface area contributed by atoms with Crippen molar-refractivity contribution in [1.29, 1.82) is 0 Å². The highest BCUT2D eigenvalue weighted by Gasteiger charge is 2.08. The van der Waals surface area contributed by atoms with E-state index in [0.717, 1.165) is 0 Å². The summed E-state index contributed by atoms with van der Waals surface area (Å²) < 4.78 is 5.07. The van der Waals surface area contributed by atoms with Gasteiger partial charge in [-0.15, -0.1) is 5.10 Å². The van der Waals surface area contributed by atoms with Gasteiger partial charge in [-0.2, -0.15) is 0 Å². The molecule has 1 aromatic heterocycles. The van der Waals surface area contributed by atoms with Crippen LogP contribution in [-0.4, -0.2) is 41.1 Å². The van der Waals surface area contributed by atoms with Gasteiger partial charge in [0.05, 0.1) is 13.1 Å². The van der Waals surface area contributed by atoms with Crippen molar-refractivity contribution in [3.63, 3.8) is 0 Å². The molecule has 0 fully saturated rings. The Morgan fingerprint density at radius 3 is 2.87 bits per heavy atom. The molecule has 0 aliphatic heterocycles. The SMILES string of the molecule is CCN(C)C(=O)CNc1nnc(CN)o1. The van der Waals surface area contributed by atoms with E-state index in [0.29, 0.717) is 12.4 Å². The van der Waals surface area contributed by atoms with E-state index in [2.05, 4.69) is 15.5 Å². The number of carbonyl (C=O) groups is 1. The van der Waals surface area contributed by atoms with Gasteiger partial charge in [-0.25, -0.2) is 0 Å². The molecular formula is C8H15N5O2. The Morgan fingerprint density at radius 1 is 1.60 bits per heavy atom. The number of rotatable bonds is 5. The average molecular weight is 213 g/mol. The molecular weight excluding hydrogens is 198 g/mol. The molecule has 0 saturated heterocycles. The minimum Gasteiger partial charge on any atom is -0.407 e. The van der Waals surface area contributed by atoms with E-state index in [1.165, 1.54) is 0 Å². The van der Waals surface area contributed by atoms with Gasteiger partial charge in [-0.1, -0.05) is 5.10 Å². The first-order valence-corrected chi connectivity index (χ1v) is 4.67. The highest BCUT2D eigenvalue weighted by Crippen LogP contribution is 2.03. The van der Waals surface area contributed by atoms with E-state index in [-0.39, 0.29) is 25.0 Å². The van der Waals surface area contributed by atoms with Crippen molar-refractivity contribution >= 4 is 11.9 Å². The fourth-order valence-corrected chi connectivity index (χ4v) is 0.870. The number of hydrogen-bond acceptors (Lipinski definition) is 6. The average Bonchev–Trinajstić information content (AvgIpc) is 2.72. The molecule has 1 heterocycles. The molecule has 1 aromatic rings. The lowest BCUT2D eigenvalue weighted by atomic mass is 10.5. The molecule has 0 spiro atoms. The van der Waals surface area contributed by atoms with Crippen LogP contribution in [0.15, 0.2) is 4.42 Å². The minimum atomic E-state index is -0.0370. The van der Waals surface area contributed by atoms with Crippen LogP contribution in [0.25, 0.3) is 0 Å². The Kier molecular flexibility index (Phi) is 4.04. The van der Waals surface area contributed by atoms with Crippen molar-refractivity contribution in [1.82, 2.24) is 15.1 Å². The lowest BCUT2D eigenvalue weighted by molar-refractivity contribution is -0.127. The fourth-order valence-electron chi connectivity index (χ4n) is 0.870. The smallest absolute Gasteiger partial charge is 0.315 e. The Balaban J connectivity index is 2.40. The second-order valence-corrected chi connectivity index (χ2v) is 2.97. The molecule has 0 aromatic carbocycles. The number of amides is 1. The first kappa shape index (κ1) is 11.4. The molecule has 3 N–H and O–H groups in total. The van der Waals surface area contributed by atoms with Crippen LogP contribution in [0.5, 0.6) is 0 Å². The molecule has 1 amide bonds. The van der Waals surface area contributed by atoms with Crippen molar-refractivity contribution < 1.29 is 9.21 Å². The first-order valence-electron chi connectivity index (χ1n) is 4.67. The van der Waals surface area contributed by atoms with Gasteiger partial charge in [-0.3, -0.25) is 4.79 Å². The number of hydrogen-bond donors (Lipinski definition) is 2. The predicted molar refractivity (Wildman–Crippen MR) is 54.0 cm³/mol. The van der Waals surface area contributed by atoms with Crippen molar-refractivity contribution in [2.75, 3.05) is 25.5 Å². The molecule has 0 aliphatic rings. The van der Waals surface area contributed by atoms with Gasteiger partial charge in [0.25, 0.3) is 0 Å². The Hall–Kier alpha value is -1.63. The van der Waals surface area contributed by atoms with E-state index >= 15 is 0 Å². The summed E-state index contributed by atoms with van der Waals surface area (Å²) in [5.74, 6) is 0.304. The van der Waals surface area contributed by atoms with E-state index in [9.17, 15) is 4.79 Å². The van der Waals surface area contributed by atoms with Gasteiger partial charge in [-0.05, 0) is 6.92 Å². The number of nitrogens with two attached hydrogens (primary N) is 1. The van der Waals surface area contributed by atoms with Crippen LogP contribution >= 0.6 is 0 Å². The lowest BCUT2D eigenvalue weighted by Crippen LogP contribution is -2.31. The zero-order valence-corrected chi connectivity index (χ0v) is 8.86. The van der Waals surface area contributed by atoms with Crippen LogP contribution in [0.4, 0.5) is 6.01 Å². The van der Waals surface area contributed by atoms with E-state index in [1.54, 1.807) is 11.9 Å². The number of nitrogens with one attached hydrogen (secondary N) is 1. The van der Waals surface area contributed by atoms with Gasteiger partial charge >= 0.3 is 6.01 Å². The Morgan fingerprint density at radius 2 is 2.33 bits per heavy atom. The van der Waals surface area contributed by atoms with Crippen LogP contribution < -0.4 is 11.1 Å². The van der Waals surface area contributed by atoms with Crippen molar-refractivity contribution in [3.05, 3.63) is 5.89 Å². The van der Waals surface area contributed by atoms with E-state index in [1.807, 2.05) is 6.92 Å². The maximum absolute atomic E-state index is 11.4. The van der Waals surface area contributed by atoms with Gasteiger partial charge in [0.15, 0.2) is 0 Å². The zero-order valence-electron chi connectivity index (χ0n) is 8.86. The summed E-state index contributed by atoms with van der Waals surface area (Å²) in [7, 11) is 1.73. The normalized spacial score (nSPS) is 10.1. The van der Waals surface area contributed by atoms with Crippen molar-refractivity contribution in [2.24, 2.45) is 5.73 Å². The summed E-state index contributed by atoms with van der Waals surface area (Å²) in [6, 6.07) is 0.216. The first-order chi connectivity index (χ1) is 7.17. The number of aromatic nitrogens is 2. The zero-order chi connectivity index (χ0) is 11.3. The van der Waals surface area contributed by atoms with Crippen LogP contribution in [0, 0.1) is 0 Å². The Bertz CT molecular complexity index is 325. The van der Waals surface area contributed by atoms with Crippen molar-refractivity contribution in [2.45, 2.75) is 13.5 Å². The third-order valence-corrected chi connectivity index (χ3v) is 1.93. The number of nitrogens with zero attached hydrogens (tertiary/aromatic N) is 3. The summed E-state index contributed by atoms with van der Waals surface area (Å²) in [5, 5.41) is 10.0. The third-order valence-electron chi connectivity index (χ3n) is 1.93. The molecule has 15 heavy (non-hydrogen) atoms. The monoisotopic (exact) mass is 213 g/mol. The second kappa shape index (κ2) is 5.30. The van der Waals surface area contributed by atoms with Crippen molar-refractivity contribution in [3.8, 4) is 0 Å². The lowest BCUT2D eigenvalue weighted by Gasteiger charge is -2.13. The summed E-state index contributed by atoms with van der Waals surface area (Å²) in [4.78, 5) is 13.0. The summed E-state index contributed by atoms with van der Waals surface area (Å²) in [6.45, 7) is 2.89. The van der Waals surface area contributed by atoms with Crippen LogP contribution in [-0.2, 0) is 11.3 Å². The van der Waals surface area contributed by atoms with Crippen LogP contribution in [0.2, 0.25) is 0 Å². The van der Waals surface area contributed by atoms with Crippen LogP contribution in [0.1, 0.15) is 12.8 Å². The maximum Gasteiger partial charge on any atom is 0.315 e. The number of anilines is 1. The van der Waals surface area contributed by atoms with Crippen LogP contribution in [0.3, 0.4) is 0 Å². The van der Waals surface area contributed by atoms with E-state index < -0.39 is 0 Å². The molecule has 0 atom stereocenters. The fraction of sp³-hybridized carbons (Fsp3) is 0.625. The summed E-state index contributed by atoms with van der Waals surface area (Å²) >= 11 is 0. The highest BCUT2D eigenvalue weighted by molar-refractivity contribution is 5.79. The molecule has 1 rings (SSSR count). The molecule has 0 unspecified atom stereocenters. The largest absolute Gasteiger partial charge is 0.407 e. The number of likely N-dealkylation sites (N-methyl/N-ethyl adjacent to an activating group) is 1. The third kappa shape index (κ3) is 3.21.